The number of hydrogen-bond acceptors (Lipinski definition) is 2. The third-order valence-corrected chi connectivity index (χ3v) is 1.46. The highest BCUT2D eigenvalue weighted by atomic mass is 35.5. The fraction of sp³-hybridized carbons (Fsp3) is 0. The Balaban J connectivity index is 3.32. The molecule has 0 aliphatic carbocycles. The maximum absolute atomic E-state index is 12.7. The minimum Gasteiger partial charge on any atom is -0.507 e. The summed E-state index contributed by atoms with van der Waals surface area (Å²) in [4.78, 5) is 2.39. The summed E-state index contributed by atoms with van der Waals surface area (Å²) in [7, 11) is 0. The SMILES string of the molecule is [N-]=[N+]=Nc1cc(F)c(Cl)cc1O. The summed E-state index contributed by atoms with van der Waals surface area (Å²) in [6.45, 7) is 0. The zero-order chi connectivity index (χ0) is 9.14. The molecule has 0 fully saturated rings. The predicted octanol–water partition coefficient (Wildman–Crippen LogP) is 3.13. The van der Waals surface area contributed by atoms with Gasteiger partial charge in [-0.05, 0) is 11.6 Å². The molecule has 0 amide bonds. The topological polar surface area (TPSA) is 69.0 Å². The van der Waals surface area contributed by atoms with E-state index in [1.54, 1.807) is 0 Å². The highest BCUT2D eigenvalue weighted by Crippen LogP contribution is 2.31. The van der Waals surface area contributed by atoms with E-state index in [2.05, 4.69) is 10.0 Å². The van der Waals surface area contributed by atoms with Crippen molar-refractivity contribution < 1.29 is 9.50 Å². The molecule has 0 saturated carbocycles. The smallest absolute Gasteiger partial charge is 0.142 e. The number of rotatable bonds is 1. The van der Waals surface area contributed by atoms with Crippen molar-refractivity contribution in [3.05, 3.63) is 33.4 Å². The van der Waals surface area contributed by atoms with Crippen LogP contribution < -0.4 is 0 Å². The molecular weight excluding hydrogens is 185 g/mol. The van der Waals surface area contributed by atoms with Crippen LogP contribution in [-0.4, -0.2) is 5.11 Å². The van der Waals surface area contributed by atoms with Gasteiger partial charge in [0.1, 0.15) is 11.6 Å². The van der Waals surface area contributed by atoms with Gasteiger partial charge in [-0.25, -0.2) is 4.39 Å². The largest absolute Gasteiger partial charge is 0.507 e. The molecule has 0 heterocycles. The summed E-state index contributed by atoms with van der Waals surface area (Å²) in [5.74, 6) is -1.09. The molecule has 0 aliphatic heterocycles. The molecule has 62 valence electrons. The number of halogens is 2. The van der Waals surface area contributed by atoms with Gasteiger partial charge < -0.3 is 5.11 Å². The number of hydrogen-bond donors (Lipinski definition) is 1. The van der Waals surface area contributed by atoms with Crippen molar-refractivity contribution in [2.75, 3.05) is 0 Å². The van der Waals surface area contributed by atoms with E-state index in [1.165, 1.54) is 0 Å². The zero-order valence-electron chi connectivity index (χ0n) is 5.70. The van der Waals surface area contributed by atoms with Crippen LogP contribution in [0.2, 0.25) is 5.02 Å². The Morgan fingerprint density at radius 2 is 2.25 bits per heavy atom. The summed E-state index contributed by atoms with van der Waals surface area (Å²) in [5.41, 5.74) is 7.82. The van der Waals surface area contributed by atoms with Crippen molar-refractivity contribution in [1.82, 2.24) is 0 Å². The molecule has 0 spiro atoms. The first kappa shape index (κ1) is 8.64. The van der Waals surface area contributed by atoms with E-state index in [4.69, 9.17) is 22.2 Å². The average Bonchev–Trinajstić information content (AvgIpc) is 2.01. The summed E-state index contributed by atoms with van der Waals surface area (Å²) in [5, 5.41) is 11.9. The van der Waals surface area contributed by atoms with Crippen LogP contribution >= 0.6 is 11.6 Å². The van der Waals surface area contributed by atoms with Gasteiger partial charge in [0, 0.05) is 11.0 Å². The Kier molecular flexibility index (Phi) is 2.38. The Bertz CT molecular complexity index is 362. The van der Waals surface area contributed by atoms with E-state index >= 15 is 0 Å². The summed E-state index contributed by atoms with van der Waals surface area (Å²) < 4.78 is 12.7. The Morgan fingerprint density at radius 1 is 1.58 bits per heavy atom. The number of nitrogens with zero attached hydrogens (tertiary/aromatic N) is 3. The average molecular weight is 188 g/mol. The van der Waals surface area contributed by atoms with Crippen LogP contribution in [-0.2, 0) is 0 Å². The fourth-order valence-corrected chi connectivity index (χ4v) is 0.812. The van der Waals surface area contributed by atoms with Gasteiger partial charge in [0.25, 0.3) is 0 Å². The van der Waals surface area contributed by atoms with Gasteiger partial charge in [-0.15, -0.1) is 0 Å². The van der Waals surface area contributed by atoms with Gasteiger partial charge in [0.15, 0.2) is 0 Å². The molecule has 4 nitrogen and oxygen atoms in total. The second-order valence-corrected chi connectivity index (χ2v) is 2.35. The molecule has 1 rings (SSSR count). The predicted molar refractivity (Wildman–Crippen MR) is 41.9 cm³/mol. The Hall–Kier alpha value is -1.45. The van der Waals surface area contributed by atoms with E-state index in [0.29, 0.717) is 0 Å². The lowest BCUT2D eigenvalue weighted by molar-refractivity contribution is 0.474. The lowest BCUT2D eigenvalue weighted by Crippen LogP contribution is -1.75. The van der Waals surface area contributed by atoms with E-state index in [1.807, 2.05) is 0 Å². The number of phenols is 1. The third-order valence-electron chi connectivity index (χ3n) is 1.17. The molecule has 0 bridgehead atoms. The standard InChI is InChI=1S/C6H3ClFN3O/c7-3-1-6(12)5(10-11-9)2-4(3)8/h1-2,12H. The van der Waals surface area contributed by atoms with Crippen molar-refractivity contribution >= 4 is 17.3 Å². The van der Waals surface area contributed by atoms with Crippen molar-refractivity contribution in [1.29, 1.82) is 0 Å². The normalized spacial score (nSPS) is 9.17. The highest BCUT2D eigenvalue weighted by molar-refractivity contribution is 6.31. The zero-order valence-corrected chi connectivity index (χ0v) is 6.46. The third kappa shape index (κ3) is 1.58. The van der Waals surface area contributed by atoms with Crippen molar-refractivity contribution in [2.24, 2.45) is 5.11 Å². The Morgan fingerprint density at radius 3 is 2.83 bits per heavy atom. The number of azide groups is 1. The maximum Gasteiger partial charge on any atom is 0.142 e. The highest BCUT2D eigenvalue weighted by Gasteiger charge is 2.05. The van der Waals surface area contributed by atoms with Gasteiger partial charge in [-0.1, -0.05) is 16.7 Å². The van der Waals surface area contributed by atoms with Gasteiger partial charge in [-0.3, -0.25) is 0 Å². The second-order valence-electron chi connectivity index (χ2n) is 1.94. The summed E-state index contributed by atoms with van der Waals surface area (Å²) in [6, 6.07) is 1.83. The van der Waals surface area contributed by atoms with E-state index in [9.17, 15) is 4.39 Å². The first-order chi connectivity index (χ1) is 5.65. The summed E-state index contributed by atoms with van der Waals surface area (Å²) in [6.07, 6.45) is 0. The molecule has 0 aromatic heterocycles. The lowest BCUT2D eigenvalue weighted by atomic mass is 10.3. The molecule has 1 N–H and O–H groups in total. The molecule has 0 atom stereocenters. The molecule has 0 aliphatic rings. The monoisotopic (exact) mass is 187 g/mol. The van der Waals surface area contributed by atoms with Gasteiger partial charge >= 0.3 is 0 Å². The molecule has 6 heteroatoms. The molecule has 0 unspecified atom stereocenters. The Labute approximate surface area is 71.8 Å². The fourth-order valence-electron chi connectivity index (χ4n) is 0.654. The van der Waals surface area contributed by atoms with Crippen LogP contribution in [0.15, 0.2) is 17.2 Å². The minimum atomic E-state index is -0.739. The van der Waals surface area contributed by atoms with Crippen molar-refractivity contribution in [2.45, 2.75) is 0 Å². The minimum absolute atomic E-state index is 0.181. The van der Waals surface area contributed by atoms with Gasteiger partial charge in [0.05, 0.1) is 10.7 Å². The number of aromatic hydroxyl groups is 1. The van der Waals surface area contributed by atoms with Crippen LogP contribution in [0.5, 0.6) is 5.75 Å². The van der Waals surface area contributed by atoms with Crippen LogP contribution in [0.4, 0.5) is 10.1 Å². The van der Waals surface area contributed by atoms with Crippen molar-refractivity contribution in [3.63, 3.8) is 0 Å². The summed E-state index contributed by atoms with van der Waals surface area (Å²) >= 11 is 5.32. The lowest BCUT2D eigenvalue weighted by Gasteiger charge is -1.98. The molecule has 0 saturated heterocycles. The number of phenolic OH excluding ortho intramolecular Hbond substituents is 1. The molecule has 1 aromatic carbocycles. The van der Waals surface area contributed by atoms with Crippen LogP contribution in [0.3, 0.4) is 0 Å². The van der Waals surface area contributed by atoms with Crippen LogP contribution in [0.25, 0.3) is 10.4 Å². The molecule has 12 heavy (non-hydrogen) atoms. The molecule has 0 radical (unpaired) electrons. The second kappa shape index (κ2) is 3.30. The molecule has 1 aromatic rings. The van der Waals surface area contributed by atoms with Crippen LogP contribution in [0, 0.1) is 5.82 Å². The maximum atomic E-state index is 12.7. The molecular formula is C6H3ClFN3O. The van der Waals surface area contributed by atoms with E-state index in [-0.39, 0.29) is 16.5 Å². The first-order valence-electron chi connectivity index (χ1n) is 2.88. The number of benzene rings is 1. The van der Waals surface area contributed by atoms with E-state index < -0.39 is 5.82 Å². The quantitative estimate of drug-likeness (QED) is 0.410. The van der Waals surface area contributed by atoms with Gasteiger partial charge in [-0.2, -0.15) is 0 Å². The van der Waals surface area contributed by atoms with E-state index in [0.717, 1.165) is 12.1 Å². The van der Waals surface area contributed by atoms with Crippen LogP contribution in [0.1, 0.15) is 0 Å². The van der Waals surface area contributed by atoms with Gasteiger partial charge in [0.2, 0.25) is 0 Å². The van der Waals surface area contributed by atoms with Crippen molar-refractivity contribution in [3.8, 4) is 5.75 Å². The first-order valence-corrected chi connectivity index (χ1v) is 3.26.